The highest BCUT2D eigenvalue weighted by atomic mass is 16.2. The van der Waals surface area contributed by atoms with Gasteiger partial charge in [0.1, 0.15) is 26.2 Å². The van der Waals surface area contributed by atoms with Crippen LogP contribution in [0.4, 0.5) is 5.69 Å². The van der Waals surface area contributed by atoms with Crippen LogP contribution < -0.4 is 15.1 Å². The lowest BCUT2D eigenvalue weighted by Gasteiger charge is -2.38. The van der Waals surface area contributed by atoms with E-state index in [9.17, 15) is 9.59 Å². The number of piperidine rings is 1. The van der Waals surface area contributed by atoms with Crippen molar-refractivity contribution in [1.82, 2.24) is 4.90 Å². The normalized spacial score (nSPS) is 28.1. The van der Waals surface area contributed by atoms with Crippen molar-refractivity contribution in [2.45, 2.75) is 46.6 Å². The van der Waals surface area contributed by atoms with Crippen LogP contribution in [0.1, 0.15) is 39.7 Å². The highest BCUT2D eigenvalue weighted by molar-refractivity contribution is 5.92. The predicted molar refractivity (Wildman–Crippen MR) is 120 cm³/mol. The van der Waals surface area contributed by atoms with E-state index < -0.39 is 0 Å². The second-order valence-corrected chi connectivity index (χ2v) is 9.55. The summed E-state index contributed by atoms with van der Waals surface area (Å²) in [6.45, 7) is 14.7. The SMILES string of the molecule is CCc1ccccc1NC(=O)C[NH+]1CC[NH+]([C@@H](C)C(=O)N2C[C@H](C)C[C@H](C)C2)CC1. The maximum absolute atomic E-state index is 13.0. The van der Waals surface area contributed by atoms with Gasteiger partial charge in [0.25, 0.3) is 11.8 Å². The van der Waals surface area contributed by atoms with Gasteiger partial charge in [0.15, 0.2) is 12.6 Å². The van der Waals surface area contributed by atoms with Gasteiger partial charge in [0, 0.05) is 18.8 Å². The first-order valence-corrected chi connectivity index (χ1v) is 11.7. The fourth-order valence-corrected chi connectivity index (χ4v) is 5.20. The molecule has 0 unspecified atom stereocenters. The van der Waals surface area contributed by atoms with E-state index in [1.54, 1.807) is 0 Å². The minimum absolute atomic E-state index is 0.00862. The maximum atomic E-state index is 13.0. The third-order valence-electron chi connectivity index (χ3n) is 6.85. The number of carbonyl (C=O) groups is 2. The topological polar surface area (TPSA) is 58.3 Å². The van der Waals surface area contributed by atoms with Gasteiger partial charge < -0.3 is 20.0 Å². The van der Waals surface area contributed by atoms with Crippen LogP contribution in [0.2, 0.25) is 0 Å². The summed E-state index contributed by atoms with van der Waals surface area (Å²) < 4.78 is 0. The molecule has 1 aromatic carbocycles. The van der Waals surface area contributed by atoms with Crippen molar-refractivity contribution in [2.75, 3.05) is 51.1 Å². The smallest absolute Gasteiger partial charge is 0.280 e. The van der Waals surface area contributed by atoms with Crippen LogP contribution in [-0.4, -0.2) is 68.6 Å². The fourth-order valence-electron chi connectivity index (χ4n) is 5.20. The Hall–Kier alpha value is -1.92. The van der Waals surface area contributed by atoms with Crippen LogP contribution in [0, 0.1) is 11.8 Å². The minimum Gasteiger partial charge on any atom is -0.337 e. The van der Waals surface area contributed by atoms with Crippen molar-refractivity contribution in [1.29, 1.82) is 0 Å². The second kappa shape index (κ2) is 10.4. The average molecular weight is 417 g/mol. The molecule has 30 heavy (non-hydrogen) atoms. The van der Waals surface area contributed by atoms with Crippen molar-refractivity contribution in [3.63, 3.8) is 0 Å². The molecule has 2 fully saturated rings. The average Bonchev–Trinajstić information content (AvgIpc) is 2.73. The summed E-state index contributed by atoms with van der Waals surface area (Å²) in [6.07, 6.45) is 2.13. The van der Waals surface area contributed by atoms with E-state index in [2.05, 4.69) is 44.0 Å². The van der Waals surface area contributed by atoms with Gasteiger partial charge in [0.2, 0.25) is 0 Å². The molecule has 0 aromatic heterocycles. The van der Waals surface area contributed by atoms with Gasteiger partial charge >= 0.3 is 0 Å². The summed E-state index contributed by atoms with van der Waals surface area (Å²) in [5.74, 6) is 1.57. The maximum Gasteiger partial charge on any atom is 0.280 e. The number of anilines is 1. The first-order chi connectivity index (χ1) is 14.4. The van der Waals surface area contributed by atoms with Crippen molar-refractivity contribution in [2.24, 2.45) is 11.8 Å². The number of hydrogen-bond acceptors (Lipinski definition) is 2. The number of para-hydroxylation sites is 1. The van der Waals surface area contributed by atoms with E-state index in [1.165, 1.54) is 21.8 Å². The van der Waals surface area contributed by atoms with E-state index in [1.807, 2.05) is 18.2 Å². The largest absolute Gasteiger partial charge is 0.337 e. The molecule has 3 atom stereocenters. The molecule has 6 nitrogen and oxygen atoms in total. The number of nitrogens with zero attached hydrogens (tertiary/aromatic N) is 1. The lowest BCUT2D eigenvalue weighted by molar-refractivity contribution is -1.01. The Labute approximate surface area is 181 Å². The molecule has 3 rings (SSSR count). The summed E-state index contributed by atoms with van der Waals surface area (Å²) >= 11 is 0. The molecule has 1 aromatic rings. The third-order valence-corrected chi connectivity index (χ3v) is 6.85. The molecule has 2 amide bonds. The van der Waals surface area contributed by atoms with Gasteiger partial charge in [-0.2, -0.15) is 0 Å². The van der Waals surface area contributed by atoms with Crippen LogP contribution in [0.15, 0.2) is 24.3 Å². The third kappa shape index (κ3) is 5.82. The zero-order valence-electron chi connectivity index (χ0n) is 19.2. The summed E-state index contributed by atoms with van der Waals surface area (Å²) in [6, 6.07) is 8.02. The molecule has 0 radical (unpaired) electrons. The van der Waals surface area contributed by atoms with Crippen molar-refractivity contribution in [3.05, 3.63) is 29.8 Å². The number of quaternary nitrogens is 2. The molecule has 2 saturated heterocycles. The first-order valence-electron chi connectivity index (χ1n) is 11.7. The molecular formula is C24H40N4O2+2. The van der Waals surface area contributed by atoms with E-state index in [-0.39, 0.29) is 11.9 Å². The Bertz CT molecular complexity index is 720. The number of carbonyl (C=O) groups excluding carboxylic acids is 2. The van der Waals surface area contributed by atoms with Crippen molar-refractivity contribution >= 4 is 17.5 Å². The molecule has 0 bridgehead atoms. The van der Waals surface area contributed by atoms with Crippen LogP contribution in [0.5, 0.6) is 0 Å². The Balaban J connectivity index is 1.46. The molecule has 0 saturated carbocycles. The number of likely N-dealkylation sites (tertiary alicyclic amines) is 1. The highest BCUT2D eigenvalue weighted by Gasteiger charge is 2.36. The number of piperazine rings is 1. The number of rotatable bonds is 6. The van der Waals surface area contributed by atoms with Crippen LogP contribution >= 0.6 is 0 Å². The van der Waals surface area contributed by atoms with Crippen LogP contribution in [-0.2, 0) is 16.0 Å². The van der Waals surface area contributed by atoms with E-state index >= 15 is 0 Å². The van der Waals surface area contributed by atoms with E-state index in [4.69, 9.17) is 0 Å². The Morgan fingerprint density at radius 3 is 2.37 bits per heavy atom. The molecular weight excluding hydrogens is 376 g/mol. The number of amides is 2. The molecule has 6 heteroatoms. The van der Waals surface area contributed by atoms with Gasteiger partial charge in [-0.25, -0.2) is 0 Å². The molecule has 2 aliphatic heterocycles. The summed E-state index contributed by atoms with van der Waals surface area (Å²) in [7, 11) is 0. The molecule has 2 aliphatic rings. The highest BCUT2D eigenvalue weighted by Crippen LogP contribution is 2.21. The zero-order chi connectivity index (χ0) is 21.7. The van der Waals surface area contributed by atoms with Crippen LogP contribution in [0.3, 0.4) is 0 Å². The Morgan fingerprint density at radius 1 is 1.10 bits per heavy atom. The predicted octanol–water partition coefficient (Wildman–Crippen LogP) is -0.136. The standard InChI is InChI=1S/C24H38N4O2/c1-5-21-8-6-7-9-22(21)25-23(29)17-26-10-12-27(13-11-26)20(4)24(30)28-15-18(2)14-19(3)16-28/h6-9,18-20H,5,10-17H2,1-4H3,(H,25,29)/p+2/t18-,19+,20-/m0/s1. The summed E-state index contributed by atoms with van der Waals surface area (Å²) in [5.41, 5.74) is 2.10. The number of aryl methyl sites for hydroxylation is 1. The molecule has 2 heterocycles. The Kier molecular flexibility index (Phi) is 7.89. The fraction of sp³-hybridized carbons (Fsp3) is 0.667. The van der Waals surface area contributed by atoms with Crippen molar-refractivity contribution < 1.29 is 19.4 Å². The number of benzene rings is 1. The van der Waals surface area contributed by atoms with E-state index in [0.29, 0.717) is 24.3 Å². The van der Waals surface area contributed by atoms with E-state index in [0.717, 1.165) is 51.4 Å². The molecule has 3 N–H and O–H groups in total. The molecule has 166 valence electrons. The van der Waals surface area contributed by atoms with Crippen LogP contribution in [0.25, 0.3) is 0 Å². The quantitative estimate of drug-likeness (QED) is 0.605. The number of hydrogen-bond donors (Lipinski definition) is 3. The van der Waals surface area contributed by atoms with Gasteiger partial charge in [-0.15, -0.1) is 0 Å². The summed E-state index contributed by atoms with van der Waals surface area (Å²) in [4.78, 5) is 30.4. The summed E-state index contributed by atoms with van der Waals surface area (Å²) in [5, 5.41) is 3.08. The van der Waals surface area contributed by atoms with Gasteiger partial charge in [-0.3, -0.25) is 9.59 Å². The zero-order valence-corrected chi connectivity index (χ0v) is 19.2. The lowest BCUT2D eigenvalue weighted by atomic mass is 9.91. The first kappa shape index (κ1) is 22.8. The molecule has 0 spiro atoms. The van der Waals surface area contributed by atoms with Gasteiger partial charge in [-0.05, 0) is 43.2 Å². The number of nitrogens with one attached hydrogen (secondary N) is 3. The van der Waals surface area contributed by atoms with Crippen molar-refractivity contribution in [3.8, 4) is 0 Å². The monoisotopic (exact) mass is 416 g/mol. The van der Waals surface area contributed by atoms with Gasteiger partial charge in [-0.1, -0.05) is 39.0 Å². The molecule has 0 aliphatic carbocycles. The minimum atomic E-state index is 0.00862. The Morgan fingerprint density at radius 2 is 1.73 bits per heavy atom. The van der Waals surface area contributed by atoms with Gasteiger partial charge in [0.05, 0.1) is 0 Å². The lowest BCUT2D eigenvalue weighted by Crippen LogP contribution is -3.30. The second-order valence-electron chi connectivity index (χ2n) is 9.55.